The smallest absolute Gasteiger partial charge is 0.220 e. The molecule has 0 aromatic heterocycles. The topological polar surface area (TPSA) is 307 Å². The molecule has 12 N–H and O–H groups in total. The van der Waals surface area contributed by atoms with E-state index in [0.717, 1.165) is 83.5 Å². The number of amides is 1. The first-order chi connectivity index (χ1) is 43.3. The van der Waals surface area contributed by atoms with Crippen LogP contribution < -0.4 is 5.32 Å². The maximum Gasteiger partial charge on any atom is 0.220 e. The Morgan fingerprint density at radius 2 is 0.787 bits per heavy atom. The molecule has 19 nitrogen and oxygen atoms in total. The van der Waals surface area contributed by atoms with Crippen molar-refractivity contribution in [2.45, 2.75) is 324 Å². The van der Waals surface area contributed by atoms with E-state index >= 15 is 0 Å². The zero-order valence-electron chi connectivity index (χ0n) is 54.1. The first kappa shape index (κ1) is 80.2. The van der Waals surface area contributed by atoms with Gasteiger partial charge < -0.3 is 89.9 Å². The van der Waals surface area contributed by atoms with Gasteiger partial charge in [-0.25, -0.2) is 0 Å². The minimum absolute atomic E-state index is 0.223. The van der Waals surface area contributed by atoms with Crippen LogP contribution in [0.3, 0.4) is 0 Å². The molecule has 17 unspecified atom stereocenters. The Morgan fingerprint density at radius 1 is 0.416 bits per heavy atom. The molecule has 0 aromatic carbocycles. The molecule has 3 saturated heterocycles. The van der Waals surface area contributed by atoms with Crippen LogP contribution in [-0.4, -0.2) is 193 Å². The van der Waals surface area contributed by atoms with Gasteiger partial charge in [0.25, 0.3) is 0 Å². The Bertz CT molecular complexity index is 1940. The van der Waals surface area contributed by atoms with E-state index in [9.17, 15) is 61.0 Å². The van der Waals surface area contributed by atoms with Crippen LogP contribution in [0.25, 0.3) is 0 Å². The molecule has 0 aliphatic carbocycles. The SMILES string of the molecule is CC/C=C\C/C=C\C/C=C\C/C=C\C/C=C\CCCCCCCCCCCC(=O)NC(COC1OC(CO)C(OC2OC(CO)C(OC3OC(CO)C(O)C(O)C3O)C(O)C2O)C(O)C1O)C(O)/C=C/CC/C=C/CCCCCCCCCCCCCCC. The van der Waals surface area contributed by atoms with Crippen LogP contribution in [0.4, 0.5) is 0 Å². The van der Waals surface area contributed by atoms with Crippen LogP contribution in [0.2, 0.25) is 0 Å². The molecule has 1 amide bonds. The quantitative estimate of drug-likeness (QED) is 0.0200. The number of carbonyl (C=O) groups is 1. The van der Waals surface area contributed by atoms with E-state index in [4.69, 9.17) is 28.4 Å². The lowest BCUT2D eigenvalue weighted by molar-refractivity contribution is -0.379. The maximum absolute atomic E-state index is 13.4. The average molecular weight is 1260 g/mol. The summed E-state index contributed by atoms with van der Waals surface area (Å²) in [7, 11) is 0. The normalized spacial score (nSPS) is 28.8. The highest BCUT2D eigenvalue weighted by molar-refractivity contribution is 5.76. The number of nitrogens with one attached hydrogen (secondary N) is 1. The van der Waals surface area contributed by atoms with Crippen LogP contribution in [0.15, 0.2) is 85.1 Å². The summed E-state index contributed by atoms with van der Waals surface area (Å²) in [5.41, 5.74) is 0. The highest BCUT2D eigenvalue weighted by atomic mass is 16.8. The van der Waals surface area contributed by atoms with Gasteiger partial charge in [0.05, 0.1) is 38.6 Å². The Hall–Kier alpha value is -3.03. The minimum Gasteiger partial charge on any atom is -0.394 e. The first-order valence-electron chi connectivity index (χ1n) is 34.3. The second-order valence-corrected chi connectivity index (χ2v) is 24.2. The van der Waals surface area contributed by atoms with Gasteiger partial charge in [0, 0.05) is 6.42 Å². The highest BCUT2D eigenvalue weighted by Crippen LogP contribution is 2.33. The third kappa shape index (κ3) is 33.6. The molecule has 19 heteroatoms. The predicted octanol–water partition coefficient (Wildman–Crippen LogP) is 8.71. The van der Waals surface area contributed by atoms with Crippen molar-refractivity contribution in [3.8, 4) is 0 Å². The van der Waals surface area contributed by atoms with E-state index in [-0.39, 0.29) is 18.9 Å². The molecule has 89 heavy (non-hydrogen) atoms. The molecule has 514 valence electrons. The van der Waals surface area contributed by atoms with Gasteiger partial charge in [-0.2, -0.15) is 0 Å². The first-order valence-corrected chi connectivity index (χ1v) is 34.3. The van der Waals surface area contributed by atoms with E-state index in [2.05, 4.69) is 92.1 Å². The second kappa shape index (κ2) is 51.4. The molecule has 0 aromatic rings. The molecular formula is C70H121NO18. The van der Waals surface area contributed by atoms with Crippen molar-refractivity contribution < 1.29 is 89.4 Å². The minimum atomic E-state index is -1.99. The summed E-state index contributed by atoms with van der Waals surface area (Å²) in [4.78, 5) is 13.4. The number of ether oxygens (including phenoxy) is 6. The molecule has 0 bridgehead atoms. The van der Waals surface area contributed by atoms with Crippen molar-refractivity contribution in [1.82, 2.24) is 5.32 Å². The second-order valence-electron chi connectivity index (χ2n) is 24.2. The summed E-state index contributed by atoms with van der Waals surface area (Å²) in [6, 6.07) is -0.999. The van der Waals surface area contributed by atoms with Crippen molar-refractivity contribution >= 4 is 5.91 Å². The van der Waals surface area contributed by atoms with E-state index in [1.165, 1.54) is 103 Å². The van der Waals surface area contributed by atoms with Gasteiger partial charge in [-0.15, -0.1) is 0 Å². The Labute approximate surface area is 533 Å². The lowest BCUT2D eigenvalue weighted by Crippen LogP contribution is -2.66. The fourth-order valence-corrected chi connectivity index (χ4v) is 11.1. The van der Waals surface area contributed by atoms with E-state index in [1.807, 2.05) is 6.08 Å². The number of rotatable bonds is 51. The van der Waals surface area contributed by atoms with Crippen molar-refractivity contribution in [3.05, 3.63) is 85.1 Å². The number of aliphatic hydroxyl groups excluding tert-OH is 11. The maximum atomic E-state index is 13.4. The number of carbonyl (C=O) groups excluding carboxylic acids is 1. The third-order valence-electron chi connectivity index (χ3n) is 16.7. The summed E-state index contributed by atoms with van der Waals surface area (Å²) in [6.45, 7) is 1.59. The molecule has 0 saturated carbocycles. The van der Waals surface area contributed by atoms with Crippen LogP contribution in [0.5, 0.6) is 0 Å². The molecule has 3 fully saturated rings. The monoisotopic (exact) mass is 1260 g/mol. The lowest BCUT2D eigenvalue weighted by atomic mass is 9.96. The van der Waals surface area contributed by atoms with Gasteiger partial charge in [0.2, 0.25) is 5.91 Å². The number of aliphatic hydroxyl groups is 11. The van der Waals surface area contributed by atoms with Crippen LogP contribution in [-0.2, 0) is 33.2 Å². The zero-order valence-corrected chi connectivity index (χ0v) is 54.1. The molecule has 3 aliphatic heterocycles. The molecule has 0 spiro atoms. The largest absolute Gasteiger partial charge is 0.394 e. The van der Waals surface area contributed by atoms with E-state index < -0.39 is 124 Å². The van der Waals surface area contributed by atoms with Crippen LogP contribution >= 0.6 is 0 Å². The highest BCUT2D eigenvalue weighted by Gasteiger charge is 2.53. The molecule has 17 atom stereocenters. The summed E-state index contributed by atoms with van der Waals surface area (Å²) in [5.74, 6) is -0.295. The lowest BCUT2D eigenvalue weighted by Gasteiger charge is -2.48. The number of allylic oxidation sites excluding steroid dienone is 13. The summed E-state index contributed by atoms with van der Waals surface area (Å²) >= 11 is 0. The standard InChI is InChI=1S/C70H121NO18/c1-3-5-7-9-11-13-15-17-19-21-23-24-25-26-27-28-30-32-34-36-38-40-42-44-46-48-58(76)71-53(54(75)47-45-43-41-39-37-35-33-31-29-22-20-18-16-14-12-10-8-6-4-2)52-84-68-64(82)61(79)66(56(50-73)86-68)89-70-65(83)62(80)67(57(51-74)87-70)88-69-63(81)60(78)59(77)55(49-72)85-69/h5,7,11,13,17,19,23-24,26-27,37,39,45,47,53-57,59-70,72-75,77-83H,3-4,6,8-10,12,14-16,18,20-22,25,28-36,38,40-44,46,48-52H2,1-2H3,(H,71,76)/b7-5-,13-11-,19-17-,24-23-,27-26-,39-37+,47-45+. The third-order valence-corrected chi connectivity index (χ3v) is 16.7. The molecule has 0 radical (unpaired) electrons. The molecule has 3 rings (SSSR count). The van der Waals surface area contributed by atoms with Gasteiger partial charge in [0.15, 0.2) is 18.9 Å². The van der Waals surface area contributed by atoms with Crippen molar-refractivity contribution in [1.29, 1.82) is 0 Å². The Kier molecular flexibility index (Phi) is 46.3. The van der Waals surface area contributed by atoms with Crippen molar-refractivity contribution in [2.24, 2.45) is 0 Å². The summed E-state index contributed by atoms with van der Waals surface area (Å²) < 4.78 is 34.3. The summed E-state index contributed by atoms with van der Waals surface area (Å²) in [5, 5.41) is 120. The zero-order chi connectivity index (χ0) is 64.7. The molecular weight excluding hydrogens is 1140 g/mol. The van der Waals surface area contributed by atoms with Crippen LogP contribution in [0.1, 0.15) is 219 Å². The number of hydrogen-bond donors (Lipinski definition) is 12. The van der Waals surface area contributed by atoms with Gasteiger partial charge in [0.1, 0.15) is 73.2 Å². The Balaban J connectivity index is 1.46. The predicted molar refractivity (Wildman–Crippen MR) is 346 cm³/mol. The van der Waals surface area contributed by atoms with Crippen LogP contribution in [0, 0.1) is 0 Å². The number of hydrogen-bond acceptors (Lipinski definition) is 18. The molecule has 3 aliphatic rings. The van der Waals surface area contributed by atoms with Gasteiger partial charge >= 0.3 is 0 Å². The Morgan fingerprint density at radius 3 is 1.26 bits per heavy atom. The fraction of sp³-hybridized carbons (Fsp3) is 0.786. The van der Waals surface area contributed by atoms with Gasteiger partial charge in [-0.05, 0) is 77.0 Å². The average Bonchev–Trinajstić information content (AvgIpc) is 2.44. The summed E-state index contributed by atoms with van der Waals surface area (Å²) in [6.07, 6.45) is 38.4. The van der Waals surface area contributed by atoms with Crippen molar-refractivity contribution in [3.63, 3.8) is 0 Å². The van der Waals surface area contributed by atoms with Crippen molar-refractivity contribution in [2.75, 3.05) is 26.4 Å². The molecule has 3 heterocycles. The van der Waals surface area contributed by atoms with E-state index in [0.29, 0.717) is 12.8 Å². The van der Waals surface area contributed by atoms with Gasteiger partial charge in [-0.3, -0.25) is 4.79 Å². The fourth-order valence-electron chi connectivity index (χ4n) is 11.1. The van der Waals surface area contributed by atoms with Gasteiger partial charge in [-0.1, -0.05) is 221 Å². The van der Waals surface area contributed by atoms with E-state index in [1.54, 1.807) is 6.08 Å². The number of unbranched alkanes of at least 4 members (excludes halogenated alkanes) is 23.